The van der Waals surface area contributed by atoms with E-state index in [-0.39, 0.29) is 23.8 Å². The lowest BCUT2D eigenvalue weighted by molar-refractivity contribution is -0.124. The van der Waals surface area contributed by atoms with E-state index in [1.54, 1.807) is 26.0 Å². The molecule has 0 atom stereocenters. The van der Waals surface area contributed by atoms with Crippen LogP contribution in [-0.2, 0) is 4.79 Å². The summed E-state index contributed by atoms with van der Waals surface area (Å²) in [5.74, 6) is -1.03. The van der Waals surface area contributed by atoms with Crippen LogP contribution in [0.4, 0.5) is 5.69 Å². The molecule has 5 heteroatoms. The Balaban J connectivity index is 2.50. The van der Waals surface area contributed by atoms with Crippen molar-refractivity contribution in [3.8, 4) is 5.75 Å². The van der Waals surface area contributed by atoms with Gasteiger partial charge in [-0.05, 0) is 26.0 Å². The average molecular weight is 235 g/mol. The molecule has 1 aliphatic heterocycles. The minimum absolute atomic E-state index is 0.0560. The summed E-state index contributed by atoms with van der Waals surface area (Å²) < 4.78 is 5.46. The number of carboxylic acid groups (broad SMARTS) is 1. The normalized spacial score (nSPS) is 17.4. The molecule has 0 fully saturated rings. The number of para-hydroxylation sites is 1. The first-order valence-corrected chi connectivity index (χ1v) is 5.22. The summed E-state index contributed by atoms with van der Waals surface area (Å²) in [7, 11) is 0. The Morgan fingerprint density at radius 3 is 2.82 bits per heavy atom. The maximum atomic E-state index is 11.8. The number of carboxylic acids is 1. The molecule has 0 unspecified atom stereocenters. The molecule has 1 aromatic carbocycles. The van der Waals surface area contributed by atoms with E-state index in [1.807, 2.05) is 0 Å². The second-order valence-electron chi connectivity index (χ2n) is 4.61. The van der Waals surface area contributed by atoms with Gasteiger partial charge < -0.3 is 15.2 Å². The van der Waals surface area contributed by atoms with Crippen LogP contribution in [0.1, 0.15) is 24.2 Å². The van der Waals surface area contributed by atoms with Crippen molar-refractivity contribution in [1.82, 2.24) is 0 Å². The molecular formula is C12H13NO4. The average Bonchev–Trinajstić information content (AvgIpc) is 2.36. The second kappa shape index (κ2) is 3.76. The van der Waals surface area contributed by atoms with E-state index >= 15 is 0 Å². The Bertz CT molecular complexity index is 493. The van der Waals surface area contributed by atoms with Crippen LogP contribution in [0.25, 0.3) is 0 Å². The standard InChI is InChI=1S/C12H13NO4/c1-12(2)6-17-9-7(10(14)15)4-3-5-8(9)13-11(12)16/h3-5H,6H2,1-2H3,(H,13,16)(H,14,15). The monoisotopic (exact) mass is 235 g/mol. The molecule has 0 bridgehead atoms. The predicted molar refractivity (Wildman–Crippen MR) is 61.3 cm³/mol. The highest BCUT2D eigenvalue weighted by atomic mass is 16.5. The smallest absolute Gasteiger partial charge is 0.339 e. The third-order valence-corrected chi connectivity index (χ3v) is 2.69. The van der Waals surface area contributed by atoms with Crippen LogP contribution in [0.3, 0.4) is 0 Å². The summed E-state index contributed by atoms with van der Waals surface area (Å²) in [6.45, 7) is 3.64. The topological polar surface area (TPSA) is 75.6 Å². The first kappa shape index (κ1) is 11.4. The van der Waals surface area contributed by atoms with Crippen molar-refractivity contribution in [3.05, 3.63) is 23.8 Å². The molecule has 0 saturated heterocycles. The zero-order chi connectivity index (χ0) is 12.6. The van der Waals surface area contributed by atoms with Crippen molar-refractivity contribution in [2.24, 2.45) is 5.41 Å². The van der Waals surface area contributed by atoms with Gasteiger partial charge in [-0.15, -0.1) is 0 Å². The highest BCUT2D eigenvalue weighted by Crippen LogP contribution is 2.34. The van der Waals surface area contributed by atoms with Crippen LogP contribution >= 0.6 is 0 Å². The number of aromatic carboxylic acids is 1. The van der Waals surface area contributed by atoms with Crippen molar-refractivity contribution in [2.75, 3.05) is 11.9 Å². The van der Waals surface area contributed by atoms with Gasteiger partial charge in [0.25, 0.3) is 0 Å². The number of amides is 1. The fourth-order valence-corrected chi connectivity index (χ4v) is 1.57. The summed E-state index contributed by atoms with van der Waals surface area (Å²) in [4.78, 5) is 22.9. The van der Waals surface area contributed by atoms with Gasteiger partial charge in [-0.2, -0.15) is 0 Å². The number of carbonyl (C=O) groups excluding carboxylic acids is 1. The molecule has 1 aromatic rings. The molecule has 0 aliphatic carbocycles. The highest BCUT2D eigenvalue weighted by Gasteiger charge is 2.33. The fraction of sp³-hybridized carbons (Fsp3) is 0.333. The molecule has 1 amide bonds. The summed E-state index contributed by atoms with van der Waals surface area (Å²) in [5, 5.41) is 11.7. The maximum Gasteiger partial charge on any atom is 0.339 e. The van der Waals surface area contributed by atoms with Crippen LogP contribution in [0.5, 0.6) is 5.75 Å². The molecule has 0 spiro atoms. The van der Waals surface area contributed by atoms with Crippen LogP contribution in [0, 0.1) is 5.41 Å². The van der Waals surface area contributed by atoms with E-state index < -0.39 is 11.4 Å². The van der Waals surface area contributed by atoms with Gasteiger partial charge in [-0.1, -0.05) is 6.07 Å². The Morgan fingerprint density at radius 2 is 2.18 bits per heavy atom. The Morgan fingerprint density at radius 1 is 1.47 bits per heavy atom. The first-order valence-electron chi connectivity index (χ1n) is 5.22. The number of anilines is 1. The van der Waals surface area contributed by atoms with Gasteiger partial charge in [-0.3, -0.25) is 4.79 Å². The zero-order valence-corrected chi connectivity index (χ0v) is 9.61. The van der Waals surface area contributed by atoms with E-state index in [9.17, 15) is 9.59 Å². The van der Waals surface area contributed by atoms with Crippen molar-refractivity contribution in [1.29, 1.82) is 0 Å². The van der Waals surface area contributed by atoms with Crippen LogP contribution in [0.15, 0.2) is 18.2 Å². The van der Waals surface area contributed by atoms with E-state index in [1.165, 1.54) is 6.07 Å². The van der Waals surface area contributed by atoms with Gasteiger partial charge in [0.05, 0.1) is 11.1 Å². The van der Waals surface area contributed by atoms with Crippen molar-refractivity contribution in [3.63, 3.8) is 0 Å². The van der Waals surface area contributed by atoms with Crippen LogP contribution < -0.4 is 10.1 Å². The number of nitrogens with one attached hydrogen (secondary N) is 1. The Kier molecular flexibility index (Phi) is 2.53. The summed E-state index contributed by atoms with van der Waals surface area (Å²) in [6.07, 6.45) is 0. The Hall–Kier alpha value is -2.04. The number of carbonyl (C=O) groups is 2. The number of ether oxygens (including phenoxy) is 1. The van der Waals surface area contributed by atoms with Crippen LogP contribution in [-0.4, -0.2) is 23.6 Å². The number of hydrogen-bond acceptors (Lipinski definition) is 3. The minimum Gasteiger partial charge on any atom is -0.489 e. The number of rotatable bonds is 1. The summed E-state index contributed by atoms with van der Waals surface area (Å²) in [6, 6.07) is 4.65. The summed E-state index contributed by atoms with van der Waals surface area (Å²) in [5.41, 5.74) is -0.226. The van der Waals surface area contributed by atoms with Gasteiger partial charge in [-0.25, -0.2) is 4.79 Å². The zero-order valence-electron chi connectivity index (χ0n) is 9.61. The van der Waals surface area contributed by atoms with Crippen molar-refractivity contribution >= 4 is 17.6 Å². The lowest BCUT2D eigenvalue weighted by Crippen LogP contribution is -2.33. The molecule has 2 N–H and O–H groups in total. The molecule has 0 saturated carbocycles. The minimum atomic E-state index is -1.07. The van der Waals surface area contributed by atoms with Crippen molar-refractivity contribution < 1.29 is 19.4 Å². The summed E-state index contributed by atoms with van der Waals surface area (Å²) >= 11 is 0. The number of benzene rings is 1. The van der Waals surface area contributed by atoms with Gasteiger partial charge in [0.15, 0.2) is 5.75 Å². The lowest BCUT2D eigenvalue weighted by Gasteiger charge is -2.18. The molecular weight excluding hydrogens is 222 g/mol. The first-order chi connectivity index (χ1) is 7.92. The van der Waals surface area contributed by atoms with Gasteiger partial charge >= 0.3 is 5.97 Å². The molecule has 5 nitrogen and oxygen atoms in total. The van der Waals surface area contributed by atoms with E-state index in [0.29, 0.717) is 5.69 Å². The molecule has 90 valence electrons. The van der Waals surface area contributed by atoms with Gasteiger partial charge in [0, 0.05) is 0 Å². The molecule has 17 heavy (non-hydrogen) atoms. The lowest BCUT2D eigenvalue weighted by atomic mass is 9.94. The quantitative estimate of drug-likeness (QED) is 0.777. The van der Waals surface area contributed by atoms with Gasteiger partial charge in [0.2, 0.25) is 5.91 Å². The van der Waals surface area contributed by atoms with Crippen molar-refractivity contribution in [2.45, 2.75) is 13.8 Å². The van der Waals surface area contributed by atoms with E-state index in [2.05, 4.69) is 5.32 Å². The van der Waals surface area contributed by atoms with E-state index in [4.69, 9.17) is 9.84 Å². The molecule has 0 aromatic heterocycles. The third kappa shape index (κ3) is 1.95. The number of fused-ring (bicyclic) bond motifs is 1. The largest absolute Gasteiger partial charge is 0.489 e. The second-order valence-corrected chi connectivity index (χ2v) is 4.61. The maximum absolute atomic E-state index is 11.8. The molecule has 1 heterocycles. The molecule has 1 aliphatic rings. The molecule has 0 radical (unpaired) electrons. The fourth-order valence-electron chi connectivity index (χ4n) is 1.57. The highest BCUT2D eigenvalue weighted by molar-refractivity contribution is 6.00. The van der Waals surface area contributed by atoms with E-state index in [0.717, 1.165) is 0 Å². The number of hydrogen-bond donors (Lipinski definition) is 2. The third-order valence-electron chi connectivity index (χ3n) is 2.69. The van der Waals surface area contributed by atoms with Crippen LogP contribution in [0.2, 0.25) is 0 Å². The molecule has 2 rings (SSSR count). The predicted octanol–water partition coefficient (Wildman–Crippen LogP) is 1.74. The Labute approximate surface area is 98.4 Å². The SMILES string of the molecule is CC1(C)COc2c(cccc2C(=O)O)NC1=O. The van der Waals surface area contributed by atoms with Gasteiger partial charge in [0.1, 0.15) is 12.2 Å².